The van der Waals surface area contributed by atoms with E-state index in [2.05, 4.69) is 23.8 Å². The Morgan fingerprint density at radius 1 is 1.45 bits per heavy atom. The van der Waals surface area contributed by atoms with Crippen LogP contribution in [0.1, 0.15) is 47.0 Å². The molecule has 112 valence electrons. The second-order valence-electron chi connectivity index (χ2n) is 6.59. The molecule has 1 aliphatic carbocycles. The Morgan fingerprint density at radius 3 is 2.50 bits per heavy atom. The highest BCUT2D eigenvalue weighted by Gasteiger charge is 2.51. The van der Waals surface area contributed by atoms with Crippen molar-refractivity contribution in [1.29, 1.82) is 0 Å². The molecule has 4 heteroatoms. The van der Waals surface area contributed by atoms with Crippen molar-refractivity contribution >= 4 is 11.8 Å². The number of nitrogens with one attached hydrogen (secondary N) is 2. The van der Waals surface area contributed by atoms with E-state index in [1.165, 1.54) is 6.92 Å². The molecule has 0 aromatic rings. The van der Waals surface area contributed by atoms with Crippen molar-refractivity contribution in [1.82, 2.24) is 10.6 Å². The van der Waals surface area contributed by atoms with Gasteiger partial charge in [0.05, 0.1) is 0 Å². The van der Waals surface area contributed by atoms with Gasteiger partial charge in [0.15, 0.2) is 0 Å². The van der Waals surface area contributed by atoms with Crippen LogP contribution in [-0.4, -0.2) is 22.9 Å². The predicted octanol–water partition coefficient (Wildman–Crippen LogP) is 2.32. The second kappa shape index (κ2) is 5.81. The van der Waals surface area contributed by atoms with Crippen molar-refractivity contribution in [3.8, 4) is 0 Å². The highest BCUT2D eigenvalue weighted by Crippen LogP contribution is 2.42. The Labute approximate surface area is 121 Å². The van der Waals surface area contributed by atoms with Gasteiger partial charge in [-0.3, -0.25) is 9.59 Å². The van der Waals surface area contributed by atoms with Crippen molar-refractivity contribution in [2.24, 2.45) is 5.92 Å². The van der Waals surface area contributed by atoms with Crippen LogP contribution in [0.15, 0.2) is 24.8 Å². The van der Waals surface area contributed by atoms with Gasteiger partial charge < -0.3 is 10.6 Å². The smallest absolute Gasteiger partial charge is 0.246 e. The average Bonchev–Trinajstić information content (AvgIpc) is 2.56. The minimum atomic E-state index is -0.898. The van der Waals surface area contributed by atoms with Crippen molar-refractivity contribution in [3.63, 3.8) is 0 Å². The topological polar surface area (TPSA) is 58.2 Å². The summed E-state index contributed by atoms with van der Waals surface area (Å²) in [4.78, 5) is 24.3. The summed E-state index contributed by atoms with van der Waals surface area (Å²) in [5.41, 5.74) is -0.238. The SMILES string of the molecule is C=CCC1C(=C)CCC1(NC(C)=O)C(=O)NC(C)(C)C. The Balaban J connectivity index is 3.15. The minimum Gasteiger partial charge on any atom is -0.349 e. The summed E-state index contributed by atoms with van der Waals surface area (Å²) in [5, 5.41) is 5.87. The lowest BCUT2D eigenvalue weighted by molar-refractivity contribution is -0.135. The largest absolute Gasteiger partial charge is 0.349 e. The maximum atomic E-state index is 12.7. The van der Waals surface area contributed by atoms with Crippen molar-refractivity contribution < 1.29 is 9.59 Å². The number of hydrogen-bond acceptors (Lipinski definition) is 2. The summed E-state index contributed by atoms with van der Waals surface area (Å²) in [6.45, 7) is 15.0. The van der Waals surface area contributed by atoms with Gasteiger partial charge in [0.25, 0.3) is 0 Å². The van der Waals surface area contributed by atoms with E-state index in [4.69, 9.17) is 0 Å². The van der Waals surface area contributed by atoms with Gasteiger partial charge in [-0.05, 0) is 40.0 Å². The molecular weight excluding hydrogens is 252 g/mol. The zero-order chi connectivity index (χ0) is 15.6. The van der Waals surface area contributed by atoms with Gasteiger partial charge in [-0.15, -0.1) is 6.58 Å². The van der Waals surface area contributed by atoms with Crippen LogP contribution in [-0.2, 0) is 9.59 Å². The molecule has 2 atom stereocenters. The van der Waals surface area contributed by atoms with E-state index in [0.717, 1.165) is 12.0 Å². The molecule has 0 heterocycles. The van der Waals surface area contributed by atoms with Gasteiger partial charge in [0, 0.05) is 18.4 Å². The fourth-order valence-corrected chi connectivity index (χ4v) is 2.83. The highest BCUT2D eigenvalue weighted by molar-refractivity contribution is 5.92. The lowest BCUT2D eigenvalue weighted by Crippen LogP contribution is -2.63. The molecule has 1 aliphatic rings. The molecule has 2 amide bonds. The molecule has 2 unspecified atom stereocenters. The van der Waals surface area contributed by atoms with Crippen LogP contribution in [0, 0.1) is 5.92 Å². The van der Waals surface area contributed by atoms with Crippen LogP contribution >= 0.6 is 0 Å². The lowest BCUT2D eigenvalue weighted by atomic mass is 9.81. The van der Waals surface area contributed by atoms with Crippen LogP contribution in [0.2, 0.25) is 0 Å². The van der Waals surface area contributed by atoms with Gasteiger partial charge in [0.2, 0.25) is 11.8 Å². The van der Waals surface area contributed by atoms with Crippen molar-refractivity contribution in [2.45, 2.75) is 58.0 Å². The van der Waals surface area contributed by atoms with Gasteiger partial charge in [0.1, 0.15) is 5.54 Å². The van der Waals surface area contributed by atoms with Crippen molar-refractivity contribution in [3.05, 3.63) is 24.8 Å². The molecule has 0 radical (unpaired) electrons. The van der Waals surface area contributed by atoms with E-state index in [1.54, 1.807) is 6.08 Å². The summed E-state index contributed by atoms with van der Waals surface area (Å²) < 4.78 is 0. The van der Waals surface area contributed by atoms with Gasteiger partial charge in [-0.1, -0.05) is 18.2 Å². The molecule has 20 heavy (non-hydrogen) atoms. The first-order valence-corrected chi connectivity index (χ1v) is 7.02. The minimum absolute atomic E-state index is 0.0914. The molecule has 0 aromatic heterocycles. The molecule has 0 aromatic carbocycles. The molecule has 4 nitrogen and oxygen atoms in total. The average molecular weight is 278 g/mol. The monoisotopic (exact) mass is 278 g/mol. The normalized spacial score (nSPS) is 26.2. The number of carbonyl (C=O) groups excluding carboxylic acids is 2. The lowest BCUT2D eigenvalue weighted by Gasteiger charge is -2.37. The van der Waals surface area contributed by atoms with Crippen LogP contribution in [0.5, 0.6) is 0 Å². The molecule has 0 saturated heterocycles. The Hall–Kier alpha value is -1.58. The third kappa shape index (κ3) is 3.50. The van der Waals surface area contributed by atoms with Gasteiger partial charge in [-0.2, -0.15) is 0 Å². The third-order valence-corrected chi connectivity index (χ3v) is 3.62. The number of amides is 2. The fraction of sp³-hybridized carbons (Fsp3) is 0.625. The molecule has 0 aliphatic heterocycles. The first kappa shape index (κ1) is 16.5. The molecule has 1 rings (SSSR count). The quantitative estimate of drug-likeness (QED) is 0.775. The molecule has 1 saturated carbocycles. The first-order valence-electron chi connectivity index (χ1n) is 7.02. The Bertz CT molecular complexity index is 434. The highest BCUT2D eigenvalue weighted by atomic mass is 16.2. The number of rotatable bonds is 4. The maximum absolute atomic E-state index is 12.7. The summed E-state index contributed by atoms with van der Waals surface area (Å²) in [7, 11) is 0. The molecule has 2 N–H and O–H groups in total. The van der Waals surface area contributed by atoms with E-state index < -0.39 is 5.54 Å². The van der Waals surface area contributed by atoms with E-state index in [-0.39, 0.29) is 23.3 Å². The molecule has 0 bridgehead atoms. The first-order chi connectivity index (χ1) is 9.12. The molecule has 1 fully saturated rings. The second-order valence-corrected chi connectivity index (χ2v) is 6.59. The Morgan fingerprint density at radius 2 is 2.05 bits per heavy atom. The van der Waals surface area contributed by atoms with E-state index >= 15 is 0 Å². The predicted molar refractivity (Wildman–Crippen MR) is 81.1 cm³/mol. The Kier molecular flexibility index (Phi) is 4.79. The summed E-state index contributed by atoms with van der Waals surface area (Å²) in [6.07, 6.45) is 3.75. The number of carbonyl (C=O) groups is 2. The van der Waals surface area contributed by atoms with Gasteiger partial charge >= 0.3 is 0 Å². The van der Waals surface area contributed by atoms with E-state index in [0.29, 0.717) is 12.8 Å². The maximum Gasteiger partial charge on any atom is 0.246 e. The molecule has 0 spiro atoms. The fourth-order valence-electron chi connectivity index (χ4n) is 2.83. The van der Waals surface area contributed by atoms with Crippen LogP contribution in [0.25, 0.3) is 0 Å². The van der Waals surface area contributed by atoms with Gasteiger partial charge in [-0.25, -0.2) is 0 Å². The summed E-state index contributed by atoms with van der Waals surface area (Å²) in [5.74, 6) is -0.422. The third-order valence-electron chi connectivity index (χ3n) is 3.62. The number of allylic oxidation sites excluding steroid dienone is 1. The summed E-state index contributed by atoms with van der Waals surface area (Å²) in [6, 6.07) is 0. The zero-order valence-corrected chi connectivity index (χ0v) is 13.0. The van der Waals surface area contributed by atoms with Crippen molar-refractivity contribution in [2.75, 3.05) is 0 Å². The van der Waals surface area contributed by atoms with Crippen LogP contribution < -0.4 is 10.6 Å². The zero-order valence-electron chi connectivity index (χ0n) is 13.0. The molecular formula is C16H26N2O2. The standard InChI is InChI=1S/C16H26N2O2/c1-7-8-13-11(2)9-10-16(13,17-12(3)19)14(20)18-15(4,5)6/h7,13H,1-2,8-10H2,3-6H3,(H,17,19)(H,18,20). The summed E-state index contributed by atoms with van der Waals surface area (Å²) >= 11 is 0. The van der Waals surface area contributed by atoms with E-state index in [9.17, 15) is 9.59 Å². The number of hydrogen-bond donors (Lipinski definition) is 2. The van der Waals surface area contributed by atoms with Crippen LogP contribution in [0.3, 0.4) is 0 Å². The van der Waals surface area contributed by atoms with Crippen LogP contribution in [0.4, 0.5) is 0 Å². The van der Waals surface area contributed by atoms with E-state index in [1.807, 2.05) is 20.8 Å².